The van der Waals surface area contributed by atoms with Gasteiger partial charge in [0.25, 0.3) is 0 Å². The molecule has 7 nitrogen and oxygen atoms in total. The summed E-state index contributed by atoms with van der Waals surface area (Å²) in [6.45, 7) is 7.04. The Morgan fingerprint density at radius 3 is 2.50 bits per heavy atom. The van der Waals surface area contributed by atoms with Gasteiger partial charge in [0.1, 0.15) is 0 Å². The summed E-state index contributed by atoms with van der Waals surface area (Å²) in [7, 11) is 3.08. The molecule has 172 valence electrons. The van der Waals surface area contributed by atoms with Crippen LogP contribution in [-0.4, -0.2) is 52.4 Å². The number of hydrogen-bond acceptors (Lipinski definition) is 5. The Morgan fingerprint density at radius 1 is 1.03 bits per heavy atom. The third kappa shape index (κ3) is 12.1. The highest BCUT2D eigenvalue weighted by Crippen LogP contribution is 2.28. The Bertz CT molecular complexity index is 626. The van der Waals surface area contributed by atoms with E-state index in [1.54, 1.807) is 7.11 Å². The van der Waals surface area contributed by atoms with Crippen molar-refractivity contribution in [3.05, 3.63) is 23.8 Å². The molecule has 0 amide bonds. The number of methoxy groups -OCH3 is 2. The molecular formula is C22H38IN3O4. The molecule has 0 saturated heterocycles. The molecule has 1 rings (SSSR count). The molecule has 0 aliphatic heterocycles. The fraction of sp³-hybridized carbons (Fsp3) is 0.636. The van der Waals surface area contributed by atoms with Crippen molar-refractivity contribution >= 4 is 35.9 Å². The quantitative estimate of drug-likeness (QED) is 0.124. The Kier molecular flexibility index (Phi) is 17.1. The van der Waals surface area contributed by atoms with Gasteiger partial charge < -0.3 is 24.8 Å². The first-order valence-corrected chi connectivity index (χ1v) is 10.5. The first-order chi connectivity index (χ1) is 14.1. The van der Waals surface area contributed by atoms with E-state index in [1.807, 2.05) is 19.1 Å². The number of carbonyl (C=O) groups is 1. The van der Waals surface area contributed by atoms with Gasteiger partial charge in [-0.25, -0.2) is 0 Å². The maximum absolute atomic E-state index is 11.1. The second-order valence-electron chi connectivity index (χ2n) is 6.60. The molecule has 0 aromatic heterocycles. The Labute approximate surface area is 198 Å². The summed E-state index contributed by atoms with van der Waals surface area (Å²) in [6, 6.07) is 6.07. The molecule has 0 aliphatic rings. The minimum Gasteiger partial charge on any atom is -0.493 e. The van der Waals surface area contributed by atoms with Crippen LogP contribution in [0.4, 0.5) is 0 Å². The van der Waals surface area contributed by atoms with Crippen molar-refractivity contribution in [2.45, 2.75) is 52.4 Å². The number of hydrogen-bond donors (Lipinski definition) is 2. The molecule has 1 aromatic rings. The zero-order valence-corrected chi connectivity index (χ0v) is 21.1. The number of benzene rings is 1. The van der Waals surface area contributed by atoms with E-state index in [2.05, 4.69) is 33.4 Å². The van der Waals surface area contributed by atoms with Gasteiger partial charge in [-0.2, -0.15) is 0 Å². The van der Waals surface area contributed by atoms with Gasteiger partial charge in [0.15, 0.2) is 17.5 Å². The van der Waals surface area contributed by atoms with Gasteiger partial charge in [-0.05, 0) is 57.2 Å². The van der Waals surface area contributed by atoms with Gasteiger partial charge in [0, 0.05) is 26.1 Å². The predicted octanol–water partition coefficient (Wildman–Crippen LogP) is 3.93. The van der Waals surface area contributed by atoms with Crippen molar-refractivity contribution in [3.63, 3.8) is 0 Å². The highest BCUT2D eigenvalue weighted by atomic mass is 127. The third-order valence-electron chi connectivity index (χ3n) is 4.34. The van der Waals surface area contributed by atoms with Crippen molar-refractivity contribution < 1.29 is 19.0 Å². The lowest BCUT2D eigenvalue weighted by Gasteiger charge is -2.12. The molecule has 0 saturated carbocycles. The van der Waals surface area contributed by atoms with Crippen molar-refractivity contribution in [1.82, 2.24) is 10.6 Å². The molecule has 8 heteroatoms. The summed E-state index contributed by atoms with van der Waals surface area (Å²) >= 11 is 0. The van der Waals surface area contributed by atoms with Gasteiger partial charge in [-0.1, -0.05) is 12.5 Å². The Hall–Kier alpha value is -1.71. The number of guanidine groups is 1. The zero-order valence-electron chi connectivity index (χ0n) is 18.8. The lowest BCUT2D eigenvalue weighted by atomic mass is 10.1. The maximum atomic E-state index is 11.1. The van der Waals surface area contributed by atoms with Crippen LogP contribution in [0.1, 0.15) is 51.5 Å². The standard InChI is InChI=1S/C22H37N3O4.HI/c1-5-23-22(24-15-9-7-8-12-21(26)28-4)25-16-10-11-18-13-14-19(27-3)20(17-18)29-6-2;/h13-14,17H,5-12,15-16H2,1-4H3,(H2,23,24,25);1H. The molecule has 0 spiro atoms. The van der Waals surface area contributed by atoms with E-state index < -0.39 is 0 Å². The first-order valence-electron chi connectivity index (χ1n) is 10.5. The summed E-state index contributed by atoms with van der Waals surface area (Å²) in [6.07, 6.45) is 5.21. The highest BCUT2D eigenvalue weighted by molar-refractivity contribution is 14.0. The van der Waals surface area contributed by atoms with Crippen molar-refractivity contribution in [1.29, 1.82) is 0 Å². The number of nitrogens with one attached hydrogen (secondary N) is 2. The Balaban J connectivity index is 0.00000841. The number of carbonyl (C=O) groups excluding carboxylic acids is 1. The van der Waals surface area contributed by atoms with Crippen LogP contribution in [0, 0.1) is 0 Å². The maximum Gasteiger partial charge on any atom is 0.305 e. The van der Waals surface area contributed by atoms with Crippen LogP contribution in [0.15, 0.2) is 23.2 Å². The van der Waals surface area contributed by atoms with Crippen LogP contribution in [0.2, 0.25) is 0 Å². The average molecular weight is 535 g/mol. The van der Waals surface area contributed by atoms with Crippen LogP contribution in [0.25, 0.3) is 0 Å². The lowest BCUT2D eigenvalue weighted by Crippen LogP contribution is -2.37. The van der Waals surface area contributed by atoms with E-state index in [0.29, 0.717) is 13.0 Å². The highest BCUT2D eigenvalue weighted by Gasteiger charge is 2.05. The number of aryl methyl sites for hydroxylation is 1. The van der Waals surface area contributed by atoms with E-state index in [-0.39, 0.29) is 29.9 Å². The SMILES string of the molecule is CCNC(=NCCCc1ccc(OC)c(OCC)c1)NCCCCCC(=O)OC.I. The summed E-state index contributed by atoms with van der Waals surface area (Å²) < 4.78 is 15.6. The minimum absolute atomic E-state index is 0. The summed E-state index contributed by atoms with van der Waals surface area (Å²) in [4.78, 5) is 15.7. The summed E-state index contributed by atoms with van der Waals surface area (Å²) in [5.41, 5.74) is 1.22. The van der Waals surface area contributed by atoms with Crippen molar-refractivity contribution in [3.8, 4) is 11.5 Å². The van der Waals surface area contributed by atoms with Gasteiger partial charge >= 0.3 is 5.97 Å². The molecule has 2 N–H and O–H groups in total. The van der Waals surface area contributed by atoms with Crippen molar-refractivity contribution in [2.75, 3.05) is 40.5 Å². The van der Waals surface area contributed by atoms with Crippen LogP contribution < -0.4 is 20.1 Å². The van der Waals surface area contributed by atoms with E-state index in [9.17, 15) is 4.79 Å². The smallest absolute Gasteiger partial charge is 0.305 e. The van der Waals surface area contributed by atoms with E-state index >= 15 is 0 Å². The van der Waals surface area contributed by atoms with Crippen LogP contribution in [0.5, 0.6) is 11.5 Å². The normalized spacial score (nSPS) is 10.7. The molecular weight excluding hydrogens is 497 g/mol. The molecule has 0 atom stereocenters. The minimum atomic E-state index is -0.141. The van der Waals surface area contributed by atoms with Gasteiger partial charge in [-0.3, -0.25) is 9.79 Å². The molecule has 0 unspecified atom stereocenters. The topological polar surface area (TPSA) is 81.2 Å². The molecule has 1 aromatic carbocycles. The van der Waals surface area contributed by atoms with Crippen molar-refractivity contribution in [2.24, 2.45) is 4.99 Å². The molecule has 0 bridgehead atoms. The molecule has 0 radical (unpaired) electrons. The predicted molar refractivity (Wildman–Crippen MR) is 132 cm³/mol. The first kappa shape index (κ1) is 28.3. The monoisotopic (exact) mass is 535 g/mol. The molecule has 30 heavy (non-hydrogen) atoms. The zero-order chi connectivity index (χ0) is 21.3. The van der Waals surface area contributed by atoms with E-state index in [4.69, 9.17) is 9.47 Å². The third-order valence-corrected chi connectivity index (χ3v) is 4.34. The number of esters is 1. The molecule has 0 heterocycles. The lowest BCUT2D eigenvalue weighted by molar-refractivity contribution is -0.140. The van der Waals surface area contributed by atoms with Gasteiger partial charge in [0.2, 0.25) is 0 Å². The number of nitrogens with zero attached hydrogens (tertiary/aromatic N) is 1. The Morgan fingerprint density at radius 2 is 1.83 bits per heavy atom. The second kappa shape index (κ2) is 18.1. The van der Waals surface area contributed by atoms with Gasteiger partial charge in [-0.15, -0.1) is 24.0 Å². The number of unbranched alkanes of at least 4 members (excludes halogenated alkanes) is 2. The molecule has 0 aliphatic carbocycles. The molecule has 0 fully saturated rings. The van der Waals surface area contributed by atoms with Crippen LogP contribution in [-0.2, 0) is 16.0 Å². The van der Waals surface area contributed by atoms with Crippen LogP contribution >= 0.6 is 24.0 Å². The number of halogens is 1. The largest absolute Gasteiger partial charge is 0.493 e. The summed E-state index contributed by atoms with van der Waals surface area (Å²) in [5.74, 6) is 2.25. The number of rotatable bonds is 14. The second-order valence-corrected chi connectivity index (χ2v) is 6.60. The fourth-order valence-corrected chi connectivity index (χ4v) is 2.84. The summed E-state index contributed by atoms with van der Waals surface area (Å²) in [5, 5.41) is 6.62. The van der Waals surface area contributed by atoms with E-state index in [0.717, 1.165) is 69.2 Å². The van der Waals surface area contributed by atoms with E-state index in [1.165, 1.54) is 12.7 Å². The average Bonchev–Trinajstić information content (AvgIpc) is 2.73. The number of aliphatic imine (C=N–C) groups is 1. The van der Waals surface area contributed by atoms with Crippen LogP contribution in [0.3, 0.4) is 0 Å². The fourth-order valence-electron chi connectivity index (χ4n) is 2.84. The van der Waals surface area contributed by atoms with Gasteiger partial charge in [0.05, 0.1) is 20.8 Å². The number of ether oxygens (including phenoxy) is 3.